The molecule has 4 aromatic rings. The lowest BCUT2D eigenvalue weighted by atomic mass is 10.2. The van der Waals surface area contributed by atoms with Crippen molar-refractivity contribution in [2.24, 2.45) is 0 Å². The van der Waals surface area contributed by atoms with Crippen LogP contribution in [-0.4, -0.2) is 38.5 Å². The van der Waals surface area contributed by atoms with Crippen LogP contribution in [0, 0.1) is 5.82 Å². The van der Waals surface area contributed by atoms with Crippen LogP contribution in [-0.2, 0) is 6.42 Å². The maximum Gasteiger partial charge on any atom is 0.224 e. The minimum atomic E-state index is -0.295. The van der Waals surface area contributed by atoms with Gasteiger partial charge in [0.25, 0.3) is 0 Å². The van der Waals surface area contributed by atoms with Crippen molar-refractivity contribution >= 4 is 17.6 Å². The molecule has 0 unspecified atom stereocenters. The molecule has 0 aliphatic heterocycles. The summed E-state index contributed by atoms with van der Waals surface area (Å²) in [7, 11) is 1.87. The summed E-state index contributed by atoms with van der Waals surface area (Å²) in [5.74, 6) is 2.12. The van der Waals surface area contributed by atoms with Crippen LogP contribution in [0.15, 0.2) is 73.3 Å². The van der Waals surface area contributed by atoms with E-state index in [1.165, 1.54) is 12.1 Å². The normalized spacial score (nSPS) is 10.6. The predicted molar refractivity (Wildman–Crippen MR) is 114 cm³/mol. The molecule has 30 heavy (non-hydrogen) atoms. The molecule has 1 N–H and O–H groups in total. The zero-order chi connectivity index (χ0) is 20.8. The molecule has 0 amide bonds. The Hall–Kier alpha value is -3.94. The zero-order valence-corrected chi connectivity index (χ0v) is 16.4. The van der Waals surface area contributed by atoms with Gasteiger partial charge in [-0.25, -0.2) is 19.3 Å². The molecule has 0 atom stereocenters. The lowest BCUT2D eigenvalue weighted by Crippen LogP contribution is -2.15. The van der Waals surface area contributed by atoms with E-state index < -0.39 is 0 Å². The first kappa shape index (κ1) is 19.4. The molecule has 8 heteroatoms. The monoisotopic (exact) mass is 401 g/mol. The number of hydrogen-bond donors (Lipinski definition) is 1. The van der Waals surface area contributed by atoms with E-state index in [1.54, 1.807) is 36.8 Å². The molecule has 0 saturated carbocycles. The molecule has 7 nitrogen and oxygen atoms in total. The molecule has 0 bridgehead atoms. The van der Waals surface area contributed by atoms with Crippen LogP contribution in [0.25, 0.3) is 11.4 Å². The summed E-state index contributed by atoms with van der Waals surface area (Å²) in [6.45, 7) is 0.696. The SMILES string of the molecule is CN(c1ccnc(NCCc2cccnc2)n1)c1ccnc(-c2ccc(F)cc2)n1. The molecule has 3 aromatic heterocycles. The van der Waals surface area contributed by atoms with E-state index in [9.17, 15) is 4.39 Å². The van der Waals surface area contributed by atoms with E-state index in [2.05, 4.69) is 30.2 Å². The number of halogens is 1. The number of benzene rings is 1. The van der Waals surface area contributed by atoms with Crippen molar-refractivity contribution in [2.45, 2.75) is 6.42 Å². The zero-order valence-electron chi connectivity index (χ0n) is 16.4. The van der Waals surface area contributed by atoms with Gasteiger partial charge in [-0.1, -0.05) is 6.07 Å². The number of anilines is 3. The first-order valence-corrected chi connectivity index (χ1v) is 9.47. The van der Waals surface area contributed by atoms with E-state index >= 15 is 0 Å². The van der Waals surface area contributed by atoms with Gasteiger partial charge >= 0.3 is 0 Å². The highest BCUT2D eigenvalue weighted by atomic mass is 19.1. The summed E-state index contributed by atoms with van der Waals surface area (Å²) >= 11 is 0. The molecule has 0 saturated heterocycles. The lowest BCUT2D eigenvalue weighted by molar-refractivity contribution is 0.628. The van der Waals surface area contributed by atoms with Crippen molar-refractivity contribution < 1.29 is 4.39 Å². The van der Waals surface area contributed by atoms with E-state index in [4.69, 9.17) is 0 Å². The molecule has 0 fully saturated rings. The Kier molecular flexibility index (Phi) is 5.84. The Morgan fingerprint density at radius 1 is 0.900 bits per heavy atom. The van der Waals surface area contributed by atoms with Crippen molar-refractivity contribution in [3.05, 3.63) is 84.7 Å². The van der Waals surface area contributed by atoms with Gasteiger partial charge in [-0.15, -0.1) is 0 Å². The maximum atomic E-state index is 13.2. The fourth-order valence-corrected chi connectivity index (χ4v) is 2.88. The largest absolute Gasteiger partial charge is 0.354 e. The first-order chi connectivity index (χ1) is 14.7. The molecule has 0 spiro atoms. The standard InChI is InChI=1S/C22H20FN7/c1-30(19-9-13-25-21(28-19)17-4-6-18(23)7-5-17)20-10-14-27-22(29-20)26-12-8-16-3-2-11-24-15-16/h2-7,9-11,13-15H,8,12H2,1H3,(H,26,27,29). The second-order valence-electron chi connectivity index (χ2n) is 6.58. The summed E-state index contributed by atoms with van der Waals surface area (Å²) in [6, 6.07) is 13.7. The van der Waals surface area contributed by atoms with Crippen molar-refractivity contribution in [2.75, 3.05) is 23.8 Å². The van der Waals surface area contributed by atoms with E-state index in [0.717, 1.165) is 17.5 Å². The summed E-state index contributed by atoms with van der Waals surface area (Å²) in [6.07, 6.45) is 7.80. The predicted octanol–water partition coefficient (Wildman–Crippen LogP) is 3.89. The molecule has 150 valence electrons. The van der Waals surface area contributed by atoms with Crippen LogP contribution < -0.4 is 10.2 Å². The van der Waals surface area contributed by atoms with Crippen molar-refractivity contribution in [1.29, 1.82) is 0 Å². The Labute approximate surface area is 173 Å². The first-order valence-electron chi connectivity index (χ1n) is 9.47. The van der Waals surface area contributed by atoms with Gasteiger partial charge in [0.2, 0.25) is 5.95 Å². The van der Waals surface area contributed by atoms with Crippen LogP contribution >= 0.6 is 0 Å². The fraction of sp³-hybridized carbons (Fsp3) is 0.136. The van der Waals surface area contributed by atoms with Crippen LogP contribution in [0.4, 0.5) is 22.0 Å². The highest BCUT2D eigenvalue weighted by Crippen LogP contribution is 2.23. The van der Waals surface area contributed by atoms with Crippen molar-refractivity contribution in [1.82, 2.24) is 24.9 Å². The molecule has 4 rings (SSSR count). The van der Waals surface area contributed by atoms with Gasteiger partial charge in [0.05, 0.1) is 0 Å². The lowest BCUT2D eigenvalue weighted by Gasteiger charge is -2.18. The molecule has 3 heterocycles. The Morgan fingerprint density at radius 2 is 1.67 bits per heavy atom. The summed E-state index contributed by atoms with van der Waals surface area (Å²) in [5, 5.41) is 3.24. The average molecular weight is 401 g/mol. The number of rotatable bonds is 7. The molecule has 0 aliphatic rings. The quantitative estimate of drug-likeness (QED) is 0.503. The van der Waals surface area contributed by atoms with Crippen molar-refractivity contribution in [3.8, 4) is 11.4 Å². The third-order valence-corrected chi connectivity index (χ3v) is 4.49. The summed E-state index contributed by atoms with van der Waals surface area (Å²) in [4.78, 5) is 23.7. The van der Waals surface area contributed by atoms with Gasteiger partial charge in [0.1, 0.15) is 17.5 Å². The highest BCUT2D eigenvalue weighted by Gasteiger charge is 2.11. The van der Waals surface area contributed by atoms with Gasteiger partial charge in [-0.2, -0.15) is 4.98 Å². The Bertz CT molecular complexity index is 1100. The van der Waals surface area contributed by atoms with Gasteiger partial charge in [-0.3, -0.25) is 4.98 Å². The number of nitrogens with zero attached hydrogens (tertiary/aromatic N) is 6. The second kappa shape index (κ2) is 9.04. The van der Waals surface area contributed by atoms with Gasteiger partial charge in [-0.05, 0) is 54.4 Å². The van der Waals surface area contributed by atoms with E-state index in [-0.39, 0.29) is 5.82 Å². The van der Waals surface area contributed by atoms with Gasteiger partial charge < -0.3 is 10.2 Å². The topological polar surface area (TPSA) is 79.7 Å². The molecule has 0 aliphatic carbocycles. The number of hydrogen-bond acceptors (Lipinski definition) is 7. The average Bonchev–Trinajstić information content (AvgIpc) is 2.80. The third kappa shape index (κ3) is 4.72. The Balaban J connectivity index is 1.47. The maximum absolute atomic E-state index is 13.2. The van der Waals surface area contributed by atoms with Crippen LogP contribution in [0.2, 0.25) is 0 Å². The fourth-order valence-electron chi connectivity index (χ4n) is 2.88. The molecule has 0 radical (unpaired) electrons. The summed E-state index contributed by atoms with van der Waals surface area (Å²) < 4.78 is 13.2. The minimum Gasteiger partial charge on any atom is -0.354 e. The van der Waals surface area contributed by atoms with Gasteiger partial charge in [0, 0.05) is 43.9 Å². The van der Waals surface area contributed by atoms with Crippen LogP contribution in [0.1, 0.15) is 5.56 Å². The Morgan fingerprint density at radius 3 is 2.43 bits per heavy atom. The van der Waals surface area contributed by atoms with Gasteiger partial charge in [0.15, 0.2) is 5.82 Å². The van der Waals surface area contributed by atoms with E-state index in [0.29, 0.717) is 30.0 Å². The molecular formula is C22H20FN7. The van der Waals surface area contributed by atoms with E-state index in [1.807, 2.05) is 36.3 Å². The summed E-state index contributed by atoms with van der Waals surface area (Å²) in [5.41, 5.74) is 1.89. The minimum absolute atomic E-state index is 0.295. The third-order valence-electron chi connectivity index (χ3n) is 4.49. The second-order valence-corrected chi connectivity index (χ2v) is 6.58. The molecule has 1 aromatic carbocycles. The smallest absolute Gasteiger partial charge is 0.224 e. The van der Waals surface area contributed by atoms with Crippen molar-refractivity contribution in [3.63, 3.8) is 0 Å². The number of aromatic nitrogens is 5. The number of pyridine rings is 1. The number of nitrogens with one attached hydrogen (secondary N) is 1. The van der Waals surface area contributed by atoms with Crippen LogP contribution in [0.3, 0.4) is 0 Å². The highest BCUT2D eigenvalue weighted by molar-refractivity contribution is 5.61. The molecular weight excluding hydrogens is 381 g/mol. The van der Waals surface area contributed by atoms with Crippen LogP contribution in [0.5, 0.6) is 0 Å².